The number of carbonyl (C=O) groups excluding carboxylic acids is 2. The molecule has 0 N–H and O–H groups in total. The SMILES string of the molecule is COc1cc(C=O)ccc1OC(=O)/C=C\c1cn(-c2ccccc2)nc1-c1ccc(F)cc1. The topological polar surface area (TPSA) is 70.4 Å². The predicted molar refractivity (Wildman–Crippen MR) is 122 cm³/mol. The quantitative estimate of drug-likeness (QED) is 0.172. The van der Waals surface area contributed by atoms with E-state index in [0.29, 0.717) is 28.7 Å². The van der Waals surface area contributed by atoms with Crippen LogP contribution in [0, 0.1) is 5.82 Å². The van der Waals surface area contributed by atoms with Crippen LogP contribution < -0.4 is 9.47 Å². The molecule has 4 aromatic rings. The second-order valence-corrected chi connectivity index (χ2v) is 7.00. The molecule has 0 aliphatic carbocycles. The van der Waals surface area contributed by atoms with Crippen LogP contribution in [0.4, 0.5) is 4.39 Å². The van der Waals surface area contributed by atoms with E-state index in [-0.39, 0.29) is 17.3 Å². The Morgan fingerprint density at radius 1 is 1.00 bits per heavy atom. The van der Waals surface area contributed by atoms with Crippen LogP contribution in [0.15, 0.2) is 85.1 Å². The van der Waals surface area contributed by atoms with Crippen molar-refractivity contribution in [3.8, 4) is 28.4 Å². The van der Waals surface area contributed by atoms with Gasteiger partial charge in [-0.1, -0.05) is 18.2 Å². The van der Waals surface area contributed by atoms with Crippen molar-refractivity contribution in [3.63, 3.8) is 0 Å². The van der Waals surface area contributed by atoms with Gasteiger partial charge in [0.2, 0.25) is 0 Å². The first-order valence-electron chi connectivity index (χ1n) is 10.0. The lowest BCUT2D eigenvalue weighted by molar-refractivity contribution is -0.129. The smallest absolute Gasteiger partial charge is 0.336 e. The van der Waals surface area contributed by atoms with Crippen LogP contribution in [0.2, 0.25) is 0 Å². The van der Waals surface area contributed by atoms with Gasteiger partial charge in [-0.15, -0.1) is 0 Å². The fourth-order valence-corrected chi connectivity index (χ4v) is 3.20. The van der Waals surface area contributed by atoms with E-state index < -0.39 is 5.97 Å². The van der Waals surface area contributed by atoms with Crippen molar-refractivity contribution in [2.45, 2.75) is 0 Å². The number of aromatic nitrogens is 2. The number of methoxy groups -OCH3 is 1. The van der Waals surface area contributed by atoms with Crippen molar-refractivity contribution in [1.82, 2.24) is 9.78 Å². The van der Waals surface area contributed by atoms with Gasteiger partial charge in [0.1, 0.15) is 12.1 Å². The minimum absolute atomic E-state index is 0.191. The number of para-hydroxylation sites is 1. The first kappa shape index (κ1) is 21.7. The minimum atomic E-state index is -0.635. The molecule has 0 radical (unpaired) electrons. The summed E-state index contributed by atoms with van der Waals surface area (Å²) in [6.07, 6.45) is 5.30. The fraction of sp³-hybridized carbons (Fsp3) is 0.0385. The lowest BCUT2D eigenvalue weighted by Crippen LogP contribution is -2.05. The normalized spacial score (nSPS) is 10.8. The molecule has 0 amide bonds. The monoisotopic (exact) mass is 442 g/mol. The number of aldehydes is 1. The van der Waals surface area contributed by atoms with E-state index in [2.05, 4.69) is 5.10 Å². The van der Waals surface area contributed by atoms with Crippen LogP contribution >= 0.6 is 0 Å². The summed E-state index contributed by atoms with van der Waals surface area (Å²) in [5, 5.41) is 4.63. The largest absolute Gasteiger partial charge is 0.493 e. The summed E-state index contributed by atoms with van der Waals surface area (Å²) < 4.78 is 25.7. The third kappa shape index (κ3) is 5.04. The third-order valence-electron chi connectivity index (χ3n) is 4.81. The maximum Gasteiger partial charge on any atom is 0.336 e. The van der Waals surface area contributed by atoms with Crippen LogP contribution in [0.25, 0.3) is 23.0 Å². The summed E-state index contributed by atoms with van der Waals surface area (Å²) in [6, 6.07) is 20.0. The molecule has 4 rings (SSSR count). The Morgan fingerprint density at radius 3 is 2.45 bits per heavy atom. The number of ether oxygens (including phenoxy) is 2. The first-order valence-corrected chi connectivity index (χ1v) is 10.0. The van der Waals surface area contributed by atoms with Crippen molar-refractivity contribution in [3.05, 3.63) is 102 Å². The van der Waals surface area contributed by atoms with Gasteiger partial charge in [-0.05, 0) is 60.7 Å². The molecule has 0 saturated heterocycles. The van der Waals surface area contributed by atoms with Gasteiger partial charge >= 0.3 is 5.97 Å². The average molecular weight is 442 g/mol. The van der Waals surface area contributed by atoms with Gasteiger partial charge < -0.3 is 9.47 Å². The lowest BCUT2D eigenvalue weighted by atomic mass is 10.1. The van der Waals surface area contributed by atoms with E-state index >= 15 is 0 Å². The molecule has 7 heteroatoms. The van der Waals surface area contributed by atoms with E-state index in [9.17, 15) is 14.0 Å². The van der Waals surface area contributed by atoms with Crippen molar-refractivity contribution >= 4 is 18.3 Å². The van der Waals surface area contributed by atoms with Gasteiger partial charge in [0, 0.05) is 29.0 Å². The van der Waals surface area contributed by atoms with Gasteiger partial charge in [0.05, 0.1) is 18.5 Å². The lowest BCUT2D eigenvalue weighted by Gasteiger charge is -2.08. The Bertz CT molecular complexity index is 1310. The Kier molecular flexibility index (Phi) is 6.40. The molecular weight excluding hydrogens is 423 g/mol. The number of hydrogen-bond acceptors (Lipinski definition) is 5. The Morgan fingerprint density at radius 2 is 1.76 bits per heavy atom. The van der Waals surface area contributed by atoms with Crippen molar-refractivity contribution in [2.75, 3.05) is 7.11 Å². The van der Waals surface area contributed by atoms with Crippen molar-refractivity contribution in [2.24, 2.45) is 0 Å². The number of hydrogen-bond donors (Lipinski definition) is 0. The van der Waals surface area contributed by atoms with Crippen LogP contribution in [0.5, 0.6) is 11.5 Å². The molecule has 0 unspecified atom stereocenters. The molecule has 0 aliphatic heterocycles. The van der Waals surface area contributed by atoms with Gasteiger partial charge in [-0.2, -0.15) is 5.10 Å². The number of carbonyl (C=O) groups is 2. The van der Waals surface area contributed by atoms with Gasteiger partial charge in [-0.3, -0.25) is 4.79 Å². The highest BCUT2D eigenvalue weighted by Gasteiger charge is 2.13. The minimum Gasteiger partial charge on any atom is -0.493 e. The molecule has 0 fully saturated rings. The van der Waals surface area contributed by atoms with E-state index in [4.69, 9.17) is 9.47 Å². The summed E-state index contributed by atoms with van der Waals surface area (Å²) in [5.41, 5.74) is 3.16. The molecule has 6 nitrogen and oxygen atoms in total. The zero-order valence-electron chi connectivity index (χ0n) is 17.6. The number of nitrogens with zero attached hydrogens (tertiary/aromatic N) is 2. The molecule has 0 bridgehead atoms. The maximum atomic E-state index is 13.4. The van der Waals surface area contributed by atoms with Crippen molar-refractivity contribution in [1.29, 1.82) is 0 Å². The van der Waals surface area contributed by atoms with Crippen LogP contribution in [0.3, 0.4) is 0 Å². The number of rotatable bonds is 7. The van der Waals surface area contributed by atoms with Gasteiger partial charge in [0.15, 0.2) is 11.5 Å². The van der Waals surface area contributed by atoms with Crippen LogP contribution in [-0.2, 0) is 4.79 Å². The molecule has 0 aliphatic rings. The van der Waals surface area contributed by atoms with E-state index in [0.717, 1.165) is 5.69 Å². The predicted octanol–water partition coefficient (Wildman–Crippen LogP) is 5.12. The molecule has 0 saturated carbocycles. The average Bonchev–Trinajstić information content (AvgIpc) is 3.28. The second kappa shape index (κ2) is 9.74. The summed E-state index contributed by atoms with van der Waals surface area (Å²) in [4.78, 5) is 23.4. The highest BCUT2D eigenvalue weighted by molar-refractivity contribution is 5.90. The van der Waals surface area contributed by atoms with Crippen molar-refractivity contribution < 1.29 is 23.5 Å². The number of benzene rings is 3. The highest BCUT2D eigenvalue weighted by Crippen LogP contribution is 2.28. The van der Waals surface area contributed by atoms with E-state index in [1.54, 1.807) is 29.1 Å². The second-order valence-electron chi connectivity index (χ2n) is 7.00. The summed E-state index contributed by atoms with van der Waals surface area (Å²) in [6.45, 7) is 0. The first-order chi connectivity index (χ1) is 16.1. The molecule has 0 atom stereocenters. The fourth-order valence-electron chi connectivity index (χ4n) is 3.20. The van der Waals surface area contributed by atoms with E-state index in [1.165, 1.54) is 43.5 Å². The molecular formula is C26H19FN2O4. The van der Waals surface area contributed by atoms with Crippen LogP contribution in [-0.4, -0.2) is 29.1 Å². The van der Waals surface area contributed by atoms with Crippen LogP contribution in [0.1, 0.15) is 15.9 Å². The Labute approximate surface area is 189 Å². The zero-order valence-corrected chi connectivity index (χ0v) is 17.6. The third-order valence-corrected chi connectivity index (χ3v) is 4.81. The molecule has 164 valence electrons. The zero-order chi connectivity index (χ0) is 23.2. The number of halogens is 1. The molecule has 3 aromatic carbocycles. The summed E-state index contributed by atoms with van der Waals surface area (Å²) in [5.74, 6) is -0.525. The van der Waals surface area contributed by atoms with Gasteiger partial charge in [0.25, 0.3) is 0 Å². The van der Waals surface area contributed by atoms with E-state index in [1.807, 2.05) is 30.3 Å². The summed E-state index contributed by atoms with van der Waals surface area (Å²) in [7, 11) is 1.42. The molecule has 33 heavy (non-hydrogen) atoms. The number of esters is 1. The molecule has 1 heterocycles. The highest BCUT2D eigenvalue weighted by atomic mass is 19.1. The molecule has 0 spiro atoms. The molecule has 1 aromatic heterocycles. The standard InChI is InChI=1S/C26H19FN2O4/c1-32-24-15-18(17-30)7-13-23(24)33-25(31)14-10-20-16-29(22-5-3-2-4-6-22)28-26(20)19-8-11-21(27)12-9-19/h2-17H,1H3/b14-10-. The van der Waals surface area contributed by atoms with Gasteiger partial charge in [-0.25, -0.2) is 13.9 Å². The Balaban J connectivity index is 1.63. The maximum absolute atomic E-state index is 13.4. The summed E-state index contributed by atoms with van der Waals surface area (Å²) >= 11 is 0. The Hall–Kier alpha value is -4.52.